The Kier molecular flexibility index (Phi) is 8.24. The molecule has 5 heterocycles. The third-order valence-electron chi connectivity index (χ3n) is 11.0. The second kappa shape index (κ2) is 12.6. The van der Waals surface area contributed by atoms with Gasteiger partial charge in [0.1, 0.15) is 17.0 Å². The normalized spacial score (nSPS) is 23.6. The lowest BCUT2D eigenvalue weighted by Gasteiger charge is -2.50. The van der Waals surface area contributed by atoms with Crippen LogP contribution in [0.15, 0.2) is 55.0 Å². The van der Waals surface area contributed by atoms with Crippen LogP contribution in [-0.2, 0) is 19.5 Å². The molecule has 2 atom stereocenters. The fourth-order valence-electron chi connectivity index (χ4n) is 9.34. The quantitative estimate of drug-likeness (QED) is 0.159. The number of amides is 1. The number of hydrogen-bond donors (Lipinski definition) is 3. The van der Waals surface area contributed by atoms with Crippen molar-refractivity contribution in [1.29, 1.82) is 0 Å². The minimum Gasteiger partial charge on any atom is -0.363 e. The van der Waals surface area contributed by atoms with Crippen molar-refractivity contribution in [2.45, 2.75) is 78.7 Å². The van der Waals surface area contributed by atoms with Gasteiger partial charge in [0, 0.05) is 48.2 Å². The Bertz CT molecular complexity index is 1980. The molecule has 2 bridgehead atoms. The van der Waals surface area contributed by atoms with Crippen LogP contribution in [0.2, 0.25) is 0 Å². The Balaban J connectivity index is 1.04. The van der Waals surface area contributed by atoms with E-state index in [9.17, 15) is 15.0 Å². The summed E-state index contributed by atoms with van der Waals surface area (Å²) in [5, 5.41) is 29.5. The number of carbonyl (C=O) groups is 1. The predicted molar refractivity (Wildman–Crippen MR) is 191 cm³/mol. The number of aliphatic hydroxyl groups is 2. The average molecular weight is 678 g/mol. The minimum atomic E-state index is -1.75. The van der Waals surface area contributed by atoms with Gasteiger partial charge in [-0.3, -0.25) is 19.8 Å². The number of nitrogens with one attached hydrogen (secondary N) is 1. The monoisotopic (exact) mass is 677 g/mol. The molecule has 0 saturated heterocycles. The molecule has 0 spiro atoms. The first-order chi connectivity index (χ1) is 23.6. The van der Waals surface area contributed by atoms with Crippen molar-refractivity contribution in [2.75, 3.05) is 16.8 Å². The molecule has 11 heteroatoms. The van der Waals surface area contributed by atoms with E-state index in [1.165, 1.54) is 43.4 Å². The largest absolute Gasteiger partial charge is 0.363 e. The lowest BCUT2D eigenvalue weighted by atomic mass is 9.57. The van der Waals surface area contributed by atoms with E-state index in [-0.39, 0.29) is 17.0 Å². The van der Waals surface area contributed by atoms with Crippen molar-refractivity contribution in [3.63, 3.8) is 0 Å². The third-order valence-corrected chi connectivity index (χ3v) is 12.0. The molecule has 10 nitrogen and oxygen atoms in total. The van der Waals surface area contributed by atoms with Crippen LogP contribution in [0.4, 0.5) is 10.9 Å². The highest BCUT2D eigenvalue weighted by molar-refractivity contribution is 7.22. The first-order valence-electron chi connectivity index (χ1n) is 17.4. The summed E-state index contributed by atoms with van der Waals surface area (Å²) in [6.45, 7) is 8.93. The van der Waals surface area contributed by atoms with Gasteiger partial charge in [0.25, 0.3) is 5.91 Å². The van der Waals surface area contributed by atoms with Gasteiger partial charge in [0.05, 0.1) is 17.1 Å². The van der Waals surface area contributed by atoms with Crippen molar-refractivity contribution in [3.05, 3.63) is 83.1 Å². The molecule has 49 heavy (non-hydrogen) atoms. The maximum Gasteiger partial charge on any atom is 0.257 e. The molecule has 1 aromatic carbocycles. The van der Waals surface area contributed by atoms with Crippen LogP contribution in [0.3, 0.4) is 0 Å². The van der Waals surface area contributed by atoms with Crippen LogP contribution in [0.5, 0.6) is 0 Å². The zero-order chi connectivity index (χ0) is 33.9. The van der Waals surface area contributed by atoms with Gasteiger partial charge in [0.2, 0.25) is 0 Å². The smallest absolute Gasteiger partial charge is 0.257 e. The lowest BCUT2D eigenvalue weighted by molar-refractivity contribution is -0.0452. The van der Waals surface area contributed by atoms with Gasteiger partial charge in [-0.2, -0.15) is 5.10 Å². The molecular weight excluding hydrogens is 635 g/mol. The molecule has 2 fully saturated rings. The summed E-state index contributed by atoms with van der Waals surface area (Å²) in [5.74, 6) is 2.69. The second-order valence-electron chi connectivity index (χ2n) is 14.9. The number of aromatic nitrogens is 5. The highest BCUT2D eigenvalue weighted by atomic mass is 32.1. The molecule has 0 radical (unpaired) electrons. The fraction of sp³-hybridized carbons (Fsp3) is 0.447. The van der Waals surface area contributed by atoms with Crippen LogP contribution in [0, 0.1) is 30.1 Å². The summed E-state index contributed by atoms with van der Waals surface area (Å²) in [6, 6.07) is 11.6. The van der Waals surface area contributed by atoms with Gasteiger partial charge in [0.15, 0.2) is 11.4 Å². The number of fused-ring (bicyclic) bond motifs is 4. The van der Waals surface area contributed by atoms with Crippen LogP contribution in [-0.4, -0.2) is 47.4 Å². The van der Waals surface area contributed by atoms with Gasteiger partial charge in [-0.15, -0.1) is 0 Å². The van der Waals surface area contributed by atoms with E-state index in [1.54, 1.807) is 12.4 Å². The van der Waals surface area contributed by atoms with Crippen molar-refractivity contribution in [3.8, 4) is 11.1 Å². The fourth-order valence-corrected chi connectivity index (χ4v) is 10.2. The first-order valence-corrected chi connectivity index (χ1v) is 18.2. The molecule has 2 saturated carbocycles. The Morgan fingerprint density at radius 2 is 1.86 bits per heavy atom. The average Bonchev–Trinajstić information content (AvgIpc) is 3.64. The van der Waals surface area contributed by atoms with Crippen molar-refractivity contribution < 1.29 is 15.0 Å². The van der Waals surface area contributed by atoms with Crippen molar-refractivity contribution in [2.24, 2.45) is 23.2 Å². The number of benzene rings is 1. The lowest BCUT2D eigenvalue weighted by Crippen LogP contribution is -2.42. The Hall–Kier alpha value is -4.19. The zero-order valence-electron chi connectivity index (χ0n) is 28.3. The number of carbonyl (C=O) groups excluding carboxylic acids is 1. The van der Waals surface area contributed by atoms with E-state index in [2.05, 4.69) is 51.7 Å². The minimum absolute atomic E-state index is 0.207. The number of pyridine rings is 2. The van der Waals surface area contributed by atoms with E-state index in [0.29, 0.717) is 35.2 Å². The molecule has 3 aliphatic rings. The molecule has 3 N–H and O–H groups in total. The van der Waals surface area contributed by atoms with Crippen molar-refractivity contribution >= 4 is 38.4 Å². The van der Waals surface area contributed by atoms with E-state index < -0.39 is 6.29 Å². The topological polar surface area (TPSA) is 129 Å². The molecule has 5 aromatic rings. The van der Waals surface area contributed by atoms with Crippen LogP contribution >= 0.6 is 11.3 Å². The van der Waals surface area contributed by atoms with Gasteiger partial charge < -0.3 is 15.1 Å². The van der Waals surface area contributed by atoms with Gasteiger partial charge in [-0.25, -0.2) is 9.97 Å². The van der Waals surface area contributed by atoms with E-state index in [1.807, 2.05) is 36.5 Å². The van der Waals surface area contributed by atoms with Crippen LogP contribution in [0.25, 0.3) is 21.3 Å². The number of rotatable bonds is 7. The standard InChI is InChI=1S/C38H43N7O3S/c1-22-13-25-14-23(2)16-38(15-22,17-25)21-45-24(3)29(18-40-45)27-7-8-33(42-34(27)36(47)48)44-12-10-26-5-4-6-28(30(26)20-44)35(46)43-37-41-31-19-39-11-9-32(31)49-37/h4-9,11,18-19,22-23,25,36,47-48H,10,12-17,20-21H2,1-3H3,(H,41,43,46). The number of nitrogens with zero attached hydrogens (tertiary/aromatic N) is 6. The van der Waals surface area contributed by atoms with Gasteiger partial charge in [-0.05, 0) is 104 Å². The molecular formula is C38H43N7O3S. The van der Waals surface area contributed by atoms with Crippen LogP contribution < -0.4 is 10.2 Å². The Morgan fingerprint density at radius 3 is 2.63 bits per heavy atom. The summed E-state index contributed by atoms with van der Waals surface area (Å²) >= 11 is 1.42. The highest BCUT2D eigenvalue weighted by Crippen LogP contribution is 2.53. The molecule has 4 aromatic heterocycles. The van der Waals surface area contributed by atoms with Crippen LogP contribution in [0.1, 0.15) is 85.1 Å². The van der Waals surface area contributed by atoms with Crippen molar-refractivity contribution in [1.82, 2.24) is 24.7 Å². The summed E-state index contributed by atoms with van der Waals surface area (Å²) in [4.78, 5) is 29.1. The summed E-state index contributed by atoms with van der Waals surface area (Å²) in [5.41, 5.74) is 6.42. The molecule has 254 valence electrons. The van der Waals surface area contributed by atoms with E-state index in [0.717, 1.165) is 63.3 Å². The number of thiazole rings is 1. The maximum absolute atomic E-state index is 13.5. The van der Waals surface area contributed by atoms with Gasteiger partial charge >= 0.3 is 0 Å². The summed E-state index contributed by atoms with van der Waals surface area (Å²) < 4.78 is 3.10. The molecule has 8 rings (SSSR count). The summed E-state index contributed by atoms with van der Waals surface area (Å²) in [6.07, 6.45) is 10.7. The Labute approximate surface area is 290 Å². The highest BCUT2D eigenvalue weighted by Gasteiger charge is 2.44. The predicted octanol–water partition coefficient (Wildman–Crippen LogP) is 6.91. The van der Waals surface area contributed by atoms with Gasteiger partial charge in [-0.1, -0.05) is 37.3 Å². The Morgan fingerprint density at radius 1 is 1.04 bits per heavy atom. The number of anilines is 2. The second-order valence-corrected chi connectivity index (χ2v) is 15.9. The maximum atomic E-state index is 13.5. The van der Waals surface area contributed by atoms with E-state index in [4.69, 9.17) is 10.1 Å². The zero-order valence-corrected chi connectivity index (χ0v) is 29.1. The SMILES string of the molecule is Cc1c(-c2ccc(N3CCc4cccc(C(=O)Nc5nc6cnccc6s5)c4C3)nc2C(O)O)cnn1CC12CC(C)CC(CC(C)C1)C2. The summed E-state index contributed by atoms with van der Waals surface area (Å²) in [7, 11) is 0. The molecule has 1 aliphatic heterocycles. The molecule has 2 aliphatic carbocycles. The number of aliphatic hydroxyl groups excluding tert-OH is 1. The van der Waals surface area contributed by atoms with E-state index >= 15 is 0 Å². The molecule has 2 unspecified atom stereocenters. The molecule has 1 amide bonds. The third kappa shape index (κ3) is 6.13. The first kappa shape index (κ1) is 32.0. The number of hydrogen-bond acceptors (Lipinski definition) is 9.